The monoisotopic (exact) mass is 288 g/mol. The van der Waals surface area contributed by atoms with Crippen molar-refractivity contribution in [2.45, 2.75) is 32.2 Å². The van der Waals surface area contributed by atoms with Gasteiger partial charge in [0.15, 0.2) is 0 Å². The molecule has 1 fully saturated rings. The van der Waals surface area contributed by atoms with Crippen molar-refractivity contribution in [3.05, 3.63) is 33.9 Å². The van der Waals surface area contributed by atoms with Crippen LogP contribution in [0.3, 0.4) is 0 Å². The lowest BCUT2D eigenvalue weighted by atomic mass is 10.0. The molecule has 6 heteroatoms. The SMILES string of the molecule is CCCN1CCC(Nc2ccc([N+](=O)[O-])c(C#N)c2)CC1. The summed E-state index contributed by atoms with van der Waals surface area (Å²) >= 11 is 0. The summed E-state index contributed by atoms with van der Waals surface area (Å²) in [7, 11) is 0. The number of anilines is 1. The summed E-state index contributed by atoms with van der Waals surface area (Å²) < 4.78 is 0. The molecule has 0 unspecified atom stereocenters. The molecule has 0 spiro atoms. The lowest BCUT2D eigenvalue weighted by Gasteiger charge is -2.32. The maximum absolute atomic E-state index is 10.8. The molecule has 2 rings (SSSR count). The second-order valence-corrected chi connectivity index (χ2v) is 5.36. The molecule has 1 aliphatic rings. The van der Waals surface area contributed by atoms with Gasteiger partial charge in [-0.05, 0) is 37.9 Å². The van der Waals surface area contributed by atoms with Crippen LogP contribution < -0.4 is 5.32 Å². The average Bonchev–Trinajstić information content (AvgIpc) is 2.49. The Morgan fingerprint density at radius 2 is 2.19 bits per heavy atom. The van der Waals surface area contributed by atoms with Gasteiger partial charge in [0.2, 0.25) is 0 Å². The van der Waals surface area contributed by atoms with Crippen LogP contribution in [0.25, 0.3) is 0 Å². The molecule has 1 aliphatic heterocycles. The van der Waals surface area contributed by atoms with Gasteiger partial charge in [0.05, 0.1) is 4.92 Å². The lowest BCUT2D eigenvalue weighted by molar-refractivity contribution is -0.385. The summed E-state index contributed by atoms with van der Waals surface area (Å²) in [6.07, 6.45) is 3.28. The third-order valence-corrected chi connectivity index (χ3v) is 3.81. The molecule has 1 aromatic rings. The normalized spacial score (nSPS) is 16.4. The largest absolute Gasteiger partial charge is 0.382 e. The van der Waals surface area contributed by atoms with Gasteiger partial charge in [0, 0.05) is 30.9 Å². The van der Waals surface area contributed by atoms with E-state index in [0.717, 1.165) is 38.2 Å². The Kier molecular flexibility index (Phi) is 5.12. The fraction of sp³-hybridized carbons (Fsp3) is 0.533. The minimum Gasteiger partial charge on any atom is -0.382 e. The molecule has 6 nitrogen and oxygen atoms in total. The van der Waals surface area contributed by atoms with Gasteiger partial charge in [-0.15, -0.1) is 0 Å². The van der Waals surface area contributed by atoms with Crippen LogP contribution in [0.4, 0.5) is 11.4 Å². The van der Waals surface area contributed by atoms with E-state index in [4.69, 9.17) is 5.26 Å². The summed E-state index contributed by atoms with van der Waals surface area (Å²) in [4.78, 5) is 12.7. The summed E-state index contributed by atoms with van der Waals surface area (Å²) in [5, 5.41) is 23.2. The van der Waals surface area contributed by atoms with Crippen molar-refractivity contribution in [2.75, 3.05) is 25.0 Å². The number of nitrogens with zero attached hydrogens (tertiary/aromatic N) is 3. The Hall–Kier alpha value is -2.13. The van der Waals surface area contributed by atoms with Crippen LogP contribution in [-0.4, -0.2) is 35.5 Å². The van der Waals surface area contributed by atoms with Crippen molar-refractivity contribution >= 4 is 11.4 Å². The van der Waals surface area contributed by atoms with Crippen molar-refractivity contribution in [1.82, 2.24) is 4.90 Å². The van der Waals surface area contributed by atoms with E-state index in [0.29, 0.717) is 6.04 Å². The molecular weight excluding hydrogens is 268 g/mol. The molecule has 0 aliphatic carbocycles. The average molecular weight is 288 g/mol. The smallest absolute Gasteiger partial charge is 0.287 e. The van der Waals surface area contributed by atoms with E-state index >= 15 is 0 Å². The number of nitriles is 1. The summed E-state index contributed by atoms with van der Waals surface area (Å²) in [5.41, 5.74) is 0.750. The fourth-order valence-electron chi connectivity index (χ4n) is 2.73. The molecule has 21 heavy (non-hydrogen) atoms. The molecule has 0 atom stereocenters. The van der Waals surface area contributed by atoms with Gasteiger partial charge < -0.3 is 10.2 Å². The molecule has 0 radical (unpaired) electrons. The van der Waals surface area contributed by atoms with Gasteiger partial charge in [-0.3, -0.25) is 10.1 Å². The van der Waals surface area contributed by atoms with E-state index in [1.807, 2.05) is 6.07 Å². The molecule has 112 valence electrons. The van der Waals surface area contributed by atoms with Crippen LogP contribution in [0.2, 0.25) is 0 Å². The van der Waals surface area contributed by atoms with E-state index in [9.17, 15) is 10.1 Å². The Balaban J connectivity index is 1.98. The van der Waals surface area contributed by atoms with Crippen LogP contribution in [0, 0.1) is 21.4 Å². The van der Waals surface area contributed by atoms with Gasteiger partial charge in [0.1, 0.15) is 11.6 Å². The highest BCUT2D eigenvalue weighted by molar-refractivity contribution is 5.59. The molecule has 0 aromatic heterocycles. The second-order valence-electron chi connectivity index (χ2n) is 5.36. The molecule has 1 heterocycles. The van der Waals surface area contributed by atoms with Gasteiger partial charge >= 0.3 is 0 Å². The zero-order valence-corrected chi connectivity index (χ0v) is 12.2. The Morgan fingerprint density at radius 1 is 1.48 bits per heavy atom. The van der Waals surface area contributed by atoms with E-state index < -0.39 is 4.92 Å². The Labute approximate surface area is 124 Å². The molecular formula is C15H20N4O2. The number of piperidine rings is 1. The Morgan fingerprint density at radius 3 is 2.76 bits per heavy atom. The number of nitro groups is 1. The number of nitrogens with one attached hydrogen (secondary N) is 1. The van der Waals surface area contributed by atoms with Crippen LogP contribution >= 0.6 is 0 Å². The van der Waals surface area contributed by atoms with Crippen LogP contribution in [-0.2, 0) is 0 Å². The van der Waals surface area contributed by atoms with Crippen LogP contribution in [0.1, 0.15) is 31.7 Å². The van der Waals surface area contributed by atoms with E-state index in [2.05, 4.69) is 17.1 Å². The molecule has 1 N–H and O–H groups in total. The van der Waals surface area contributed by atoms with Crippen LogP contribution in [0.15, 0.2) is 18.2 Å². The van der Waals surface area contributed by atoms with Crippen molar-refractivity contribution in [2.24, 2.45) is 0 Å². The Bertz CT molecular complexity index is 545. The predicted molar refractivity (Wildman–Crippen MR) is 81.2 cm³/mol. The lowest BCUT2D eigenvalue weighted by Crippen LogP contribution is -2.39. The van der Waals surface area contributed by atoms with Crippen molar-refractivity contribution in [1.29, 1.82) is 5.26 Å². The van der Waals surface area contributed by atoms with E-state index in [1.165, 1.54) is 12.5 Å². The molecule has 0 saturated carbocycles. The predicted octanol–water partition coefficient (Wildman–Crippen LogP) is 2.75. The minimum atomic E-state index is -0.522. The molecule has 0 bridgehead atoms. The quantitative estimate of drug-likeness (QED) is 0.665. The first-order chi connectivity index (χ1) is 10.1. The van der Waals surface area contributed by atoms with Gasteiger partial charge in [-0.2, -0.15) is 5.26 Å². The minimum absolute atomic E-state index is 0.105. The highest BCUT2D eigenvalue weighted by Gasteiger charge is 2.19. The second kappa shape index (κ2) is 7.04. The number of nitro benzene ring substituents is 1. The number of rotatable bonds is 5. The van der Waals surface area contributed by atoms with Gasteiger partial charge in [-0.25, -0.2) is 0 Å². The third-order valence-electron chi connectivity index (χ3n) is 3.81. The maximum Gasteiger partial charge on any atom is 0.287 e. The first-order valence-electron chi connectivity index (χ1n) is 7.31. The summed E-state index contributed by atoms with van der Waals surface area (Å²) in [6.45, 7) is 5.47. The van der Waals surface area contributed by atoms with Gasteiger partial charge in [0.25, 0.3) is 5.69 Å². The first-order valence-corrected chi connectivity index (χ1v) is 7.31. The number of benzene rings is 1. The van der Waals surface area contributed by atoms with Crippen molar-refractivity contribution in [3.8, 4) is 6.07 Å². The van der Waals surface area contributed by atoms with Crippen LogP contribution in [0.5, 0.6) is 0 Å². The first kappa shape index (κ1) is 15.3. The number of hydrogen-bond acceptors (Lipinski definition) is 5. The third kappa shape index (κ3) is 3.92. The van der Waals surface area contributed by atoms with E-state index in [-0.39, 0.29) is 11.3 Å². The topological polar surface area (TPSA) is 82.2 Å². The molecule has 1 aromatic carbocycles. The summed E-state index contributed by atoms with van der Waals surface area (Å²) in [5.74, 6) is 0. The molecule has 0 amide bonds. The standard InChI is InChI=1S/C15H20N4O2/c1-2-7-18-8-5-13(6-9-18)17-14-3-4-15(19(20)21)12(10-14)11-16/h3-4,10,13,17H,2,5-9H2,1H3. The zero-order chi connectivity index (χ0) is 15.2. The highest BCUT2D eigenvalue weighted by Crippen LogP contribution is 2.24. The molecule has 1 saturated heterocycles. The highest BCUT2D eigenvalue weighted by atomic mass is 16.6. The van der Waals surface area contributed by atoms with Crippen molar-refractivity contribution in [3.63, 3.8) is 0 Å². The van der Waals surface area contributed by atoms with Crippen molar-refractivity contribution < 1.29 is 4.92 Å². The fourth-order valence-corrected chi connectivity index (χ4v) is 2.73. The maximum atomic E-state index is 10.8. The van der Waals surface area contributed by atoms with E-state index in [1.54, 1.807) is 12.1 Å². The number of hydrogen-bond donors (Lipinski definition) is 1. The summed E-state index contributed by atoms with van der Waals surface area (Å²) in [6, 6.07) is 6.90. The number of likely N-dealkylation sites (tertiary alicyclic amines) is 1. The zero-order valence-electron chi connectivity index (χ0n) is 12.2. The van der Waals surface area contributed by atoms with Gasteiger partial charge in [-0.1, -0.05) is 6.92 Å².